The molecule has 6 heteroatoms. The Balaban J connectivity index is 1.57. The van der Waals surface area contributed by atoms with E-state index in [9.17, 15) is 4.79 Å². The quantitative estimate of drug-likeness (QED) is 0.676. The molecule has 0 aromatic carbocycles. The van der Waals surface area contributed by atoms with Crippen LogP contribution in [0.3, 0.4) is 0 Å². The molecule has 3 aliphatic heterocycles. The normalized spacial score (nSPS) is 25.5. The van der Waals surface area contributed by atoms with E-state index in [0.717, 1.165) is 45.6 Å². The van der Waals surface area contributed by atoms with Crippen LogP contribution in [0.15, 0.2) is 12.3 Å². The van der Waals surface area contributed by atoms with Crippen LogP contribution in [-0.4, -0.2) is 78.7 Å². The van der Waals surface area contributed by atoms with Gasteiger partial charge >= 0.3 is 6.03 Å². The zero-order valence-electron chi connectivity index (χ0n) is 13.0. The summed E-state index contributed by atoms with van der Waals surface area (Å²) >= 11 is 0. The van der Waals surface area contributed by atoms with Gasteiger partial charge in [0.1, 0.15) is 12.7 Å². The molecule has 3 aliphatic rings. The summed E-state index contributed by atoms with van der Waals surface area (Å²) in [5, 5.41) is 2.05. The number of likely N-dealkylation sites (N-methyl/N-ethyl adjacent to an activating group) is 1. The summed E-state index contributed by atoms with van der Waals surface area (Å²) in [6.07, 6.45) is 9.08. The lowest BCUT2D eigenvalue weighted by atomic mass is 9.78. The molecular formula is C15H25N4O2+. The minimum Gasteiger partial charge on any atom is -0.304 e. The van der Waals surface area contributed by atoms with Crippen LogP contribution in [-0.2, 0) is 4.84 Å². The van der Waals surface area contributed by atoms with E-state index in [1.165, 1.54) is 6.42 Å². The van der Waals surface area contributed by atoms with Gasteiger partial charge in [-0.15, -0.1) is 0 Å². The van der Waals surface area contributed by atoms with Crippen LogP contribution in [0.25, 0.3) is 0 Å². The number of rotatable bonds is 1. The van der Waals surface area contributed by atoms with E-state index in [4.69, 9.17) is 4.84 Å². The maximum atomic E-state index is 12.5. The Labute approximate surface area is 126 Å². The summed E-state index contributed by atoms with van der Waals surface area (Å²) in [7, 11) is 3.72. The minimum absolute atomic E-state index is 0.0919. The molecule has 0 saturated carbocycles. The Morgan fingerprint density at radius 1 is 1.24 bits per heavy atom. The highest BCUT2D eigenvalue weighted by Crippen LogP contribution is 2.40. The Hall–Kier alpha value is -1.40. The lowest BCUT2D eigenvalue weighted by Gasteiger charge is -2.38. The average Bonchev–Trinajstić information content (AvgIpc) is 2.90. The van der Waals surface area contributed by atoms with Crippen LogP contribution >= 0.6 is 0 Å². The molecule has 1 spiro atoms. The number of hydroxylamine groups is 2. The molecule has 3 rings (SSSR count). The smallest absolute Gasteiger partial charge is 0.304 e. The minimum atomic E-state index is 0.0919. The summed E-state index contributed by atoms with van der Waals surface area (Å²) in [4.78, 5) is 21.5. The van der Waals surface area contributed by atoms with Crippen LogP contribution in [0, 0.1) is 5.41 Å². The van der Waals surface area contributed by atoms with Crippen molar-refractivity contribution in [3.8, 4) is 0 Å². The predicted molar refractivity (Wildman–Crippen MR) is 79.9 cm³/mol. The van der Waals surface area contributed by atoms with Crippen LogP contribution < -0.4 is 0 Å². The molecule has 0 bridgehead atoms. The third kappa shape index (κ3) is 2.96. The first-order chi connectivity index (χ1) is 10.1. The van der Waals surface area contributed by atoms with E-state index in [1.54, 1.807) is 12.0 Å². The monoisotopic (exact) mass is 293 g/mol. The lowest BCUT2D eigenvalue weighted by Crippen LogP contribution is -2.49. The fourth-order valence-electron chi connectivity index (χ4n) is 3.53. The number of carbonyl (C=O) groups excluding carboxylic acids is 1. The van der Waals surface area contributed by atoms with Gasteiger partial charge in [0.15, 0.2) is 0 Å². The summed E-state index contributed by atoms with van der Waals surface area (Å²) in [5.41, 5.74) is 0.352. The molecular weight excluding hydrogens is 268 g/mol. The van der Waals surface area contributed by atoms with Crippen molar-refractivity contribution < 1.29 is 14.2 Å². The van der Waals surface area contributed by atoms with E-state index in [1.807, 2.05) is 40.2 Å². The second-order valence-corrected chi connectivity index (χ2v) is 6.41. The number of hydrogen-bond acceptors (Lipinski definition) is 3. The average molecular weight is 293 g/mol. The first-order valence-electron chi connectivity index (χ1n) is 7.70. The molecule has 116 valence electrons. The third-order valence-electron chi connectivity index (χ3n) is 4.96. The molecule has 2 fully saturated rings. The maximum absolute atomic E-state index is 12.5. The molecule has 0 aromatic rings. The highest BCUT2D eigenvalue weighted by molar-refractivity contribution is 5.86. The molecule has 2 saturated heterocycles. The van der Waals surface area contributed by atoms with Crippen molar-refractivity contribution in [1.82, 2.24) is 14.9 Å². The number of carbonyl (C=O) groups is 1. The van der Waals surface area contributed by atoms with Crippen LogP contribution in [0.5, 0.6) is 0 Å². The number of piperidine rings is 1. The van der Waals surface area contributed by atoms with Crippen molar-refractivity contribution in [1.29, 1.82) is 0 Å². The first-order valence-corrected chi connectivity index (χ1v) is 7.70. The fourth-order valence-corrected chi connectivity index (χ4v) is 3.53. The molecule has 0 aromatic heterocycles. The van der Waals surface area contributed by atoms with Crippen molar-refractivity contribution >= 4 is 12.4 Å². The second kappa shape index (κ2) is 5.77. The Bertz CT molecular complexity index is 466. The summed E-state index contributed by atoms with van der Waals surface area (Å²) in [6, 6.07) is 0.0919. The van der Waals surface area contributed by atoms with Gasteiger partial charge in [-0.25, -0.2) is 4.79 Å². The molecule has 0 unspecified atom stereocenters. The van der Waals surface area contributed by atoms with Crippen molar-refractivity contribution in [2.24, 2.45) is 5.41 Å². The number of nitrogens with zero attached hydrogens (tertiary/aromatic N) is 4. The largest absolute Gasteiger partial charge is 0.415 e. The second-order valence-electron chi connectivity index (χ2n) is 6.41. The molecule has 0 radical (unpaired) electrons. The number of urea groups is 1. The van der Waals surface area contributed by atoms with E-state index in [-0.39, 0.29) is 6.03 Å². The fraction of sp³-hybridized carbons (Fsp3) is 0.733. The highest BCUT2D eigenvalue weighted by atomic mass is 16.7. The topological polar surface area (TPSA) is 39.0 Å². The maximum Gasteiger partial charge on any atom is 0.415 e. The molecule has 0 atom stereocenters. The predicted octanol–water partition coefficient (Wildman–Crippen LogP) is 0.956. The van der Waals surface area contributed by atoms with Gasteiger partial charge in [-0.1, -0.05) is 0 Å². The van der Waals surface area contributed by atoms with Gasteiger partial charge in [0, 0.05) is 26.2 Å². The van der Waals surface area contributed by atoms with Crippen molar-refractivity contribution in [2.75, 3.05) is 46.9 Å². The van der Waals surface area contributed by atoms with Gasteiger partial charge in [-0.3, -0.25) is 4.58 Å². The van der Waals surface area contributed by atoms with Crippen LogP contribution in [0.4, 0.5) is 4.79 Å². The molecule has 6 nitrogen and oxygen atoms in total. The first kappa shape index (κ1) is 14.5. The highest BCUT2D eigenvalue weighted by Gasteiger charge is 2.42. The summed E-state index contributed by atoms with van der Waals surface area (Å²) in [6.45, 7) is 4.57. The Morgan fingerprint density at radius 2 is 1.95 bits per heavy atom. The van der Waals surface area contributed by atoms with Crippen molar-refractivity contribution in [3.63, 3.8) is 0 Å². The van der Waals surface area contributed by atoms with E-state index in [0.29, 0.717) is 5.41 Å². The van der Waals surface area contributed by atoms with Crippen LogP contribution in [0.1, 0.15) is 19.3 Å². The standard InChI is InChI=1S/C15H25N4O2/c1-16-7-3-8-18(13-16)14(20)17-9-4-15(5-10-17)6-11-19(12-15)21-2/h3,8,13H,4-7,9-12H2,1-2H3/q+1. The van der Waals surface area contributed by atoms with Crippen LogP contribution in [0.2, 0.25) is 0 Å². The molecule has 2 amide bonds. The SMILES string of the molecule is CON1CCC2(CCN(C(=O)N3C=CC[N+](C)=C3)CC2)C1. The lowest BCUT2D eigenvalue weighted by molar-refractivity contribution is -0.487. The van der Waals surface area contributed by atoms with Gasteiger partial charge in [0.05, 0.1) is 14.2 Å². The van der Waals surface area contributed by atoms with E-state index in [2.05, 4.69) is 0 Å². The van der Waals surface area contributed by atoms with Gasteiger partial charge in [0.25, 0.3) is 0 Å². The van der Waals surface area contributed by atoms with Gasteiger partial charge in [0.2, 0.25) is 6.34 Å². The zero-order chi connectivity index (χ0) is 14.9. The van der Waals surface area contributed by atoms with Crippen molar-refractivity contribution in [3.05, 3.63) is 12.3 Å². The Morgan fingerprint density at radius 3 is 2.57 bits per heavy atom. The van der Waals surface area contributed by atoms with E-state index < -0.39 is 0 Å². The number of likely N-dealkylation sites (tertiary alicyclic amines) is 1. The summed E-state index contributed by atoms with van der Waals surface area (Å²) < 4.78 is 2.01. The van der Waals surface area contributed by atoms with Gasteiger partial charge in [-0.05, 0) is 30.8 Å². The molecule has 0 N–H and O–H groups in total. The third-order valence-corrected chi connectivity index (χ3v) is 4.96. The number of hydrogen-bond donors (Lipinski definition) is 0. The summed E-state index contributed by atoms with van der Waals surface area (Å²) in [5.74, 6) is 0. The van der Waals surface area contributed by atoms with Gasteiger partial charge in [-0.2, -0.15) is 9.96 Å². The van der Waals surface area contributed by atoms with E-state index >= 15 is 0 Å². The van der Waals surface area contributed by atoms with Gasteiger partial charge < -0.3 is 9.74 Å². The molecule has 3 heterocycles. The molecule has 0 aliphatic carbocycles. The zero-order valence-corrected chi connectivity index (χ0v) is 13.0. The Kier molecular flexibility index (Phi) is 3.99. The van der Waals surface area contributed by atoms with Crippen molar-refractivity contribution in [2.45, 2.75) is 19.3 Å². The number of amides is 2. The molecule has 21 heavy (non-hydrogen) atoms.